The Balaban J connectivity index is 2.19. The van der Waals surface area contributed by atoms with E-state index >= 15 is 0 Å². The Kier molecular flexibility index (Phi) is 2.45. The smallest absolute Gasteiger partial charge is 0.307 e. The highest BCUT2D eigenvalue weighted by atomic mass is 32.1. The van der Waals surface area contributed by atoms with Gasteiger partial charge in [-0.25, -0.2) is 0 Å². The molecule has 2 heterocycles. The lowest BCUT2D eigenvalue weighted by Crippen LogP contribution is -2.12. The Morgan fingerprint density at radius 3 is 2.86 bits per heavy atom. The number of hydrogen-bond acceptors (Lipinski definition) is 5. The SMILES string of the molecule is CCc1nnc(Cn2ccsc2=O)o1. The van der Waals surface area contributed by atoms with E-state index in [4.69, 9.17) is 4.42 Å². The average molecular weight is 211 g/mol. The number of hydrogen-bond donors (Lipinski definition) is 0. The lowest BCUT2D eigenvalue weighted by atomic mass is 10.5. The molecule has 0 saturated heterocycles. The van der Waals surface area contributed by atoms with Crippen molar-refractivity contribution in [2.24, 2.45) is 0 Å². The van der Waals surface area contributed by atoms with Gasteiger partial charge in [0.2, 0.25) is 11.8 Å². The molecule has 0 amide bonds. The topological polar surface area (TPSA) is 60.9 Å². The summed E-state index contributed by atoms with van der Waals surface area (Å²) in [4.78, 5) is 11.2. The summed E-state index contributed by atoms with van der Waals surface area (Å²) in [5, 5.41) is 9.38. The van der Waals surface area contributed by atoms with Gasteiger partial charge in [-0.15, -0.1) is 10.2 Å². The Hall–Kier alpha value is -1.43. The molecule has 0 N–H and O–H groups in total. The van der Waals surface area contributed by atoms with Crippen LogP contribution in [0.25, 0.3) is 0 Å². The van der Waals surface area contributed by atoms with Crippen LogP contribution in [0.5, 0.6) is 0 Å². The highest BCUT2D eigenvalue weighted by Crippen LogP contribution is 2.02. The Bertz CT molecular complexity index is 471. The first-order chi connectivity index (χ1) is 6.79. The van der Waals surface area contributed by atoms with Gasteiger partial charge in [0, 0.05) is 18.0 Å². The van der Waals surface area contributed by atoms with Gasteiger partial charge in [0.1, 0.15) is 6.54 Å². The predicted molar refractivity (Wildman–Crippen MR) is 51.4 cm³/mol. The monoisotopic (exact) mass is 211 g/mol. The van der Waals surface area contributed by atoms with Crippen molar-refractivity contribution in [3.05, 3.63) is 33.0 Å². The standard InChI is InChI=1S/C8H9N3O2S/c1-2-6-9-10-7(13-6)5-11-3-4-14-8(11)12/h3-4H,2,5H2,1H3. The second-order valence-electron chi connectivity index (χ2n) is 2.74. The van der Waals surface area contributed by atoms with E-state index in [9.17, 15) is 4.79 Å². The first-order valence-electron chi connectivity index (χ1n) is 4.24. The van der Waals surface area contributed by atoms with Gasteiger partial charge in [0.25, 0.3) is 0 Å². The lowest BCUT2D eigenvalue weighted by Gasteiger charge is -1.93. The van der Waals surface area contributed by atoms with Gasteiger partial charge >= 0.3 is 4.87 Å². The highest BCUT2D eigenvalue weighted by molar-refractivity contribution is 7.07. The third kappa shape index (κ3) is 1.74. The van der Waals surface area contributed by atoms with Gasteiger partial charge in [-0.05, 0) is 0 Å². The van der Waals surface area contributed by atoms with Crippen molar-refractivity contribution in [3.63, 3.8) is 0 Å². The fourth-order valence-electron chi connectivity index (χ4n) is 1.05. The molecule has 6 heteroatoms. The van der Waals surface area contributed by atoms with E-state index in [-0.39, 0.29) is 4.87 Å². The van der Waals surface area contributed by atoms with Crippen LogP contribution in [0.4, 0.5) is 0 Å². The summed E-state index contributed by atoms with van der Waals surface area (Å²) in [5.74, 6) is 1.07. The van der Waals surface area contributed by atoms with Gasteiger partial charge < -0.3 is 4.42 Å². The minimum absolute atomic E-state index is 0.0127. The third-order valence-corrected chi connectivity index (χ3v) is 2.45. The van der Waals surface area contributed by atoms with Gasteiger partial charge in [0.05, 0.1) is 0 Å². The molecule has 0 unspecified atom stereocenters. The molecule has 0 radical (unpaired) electrons. The van der Waals surface area contributed by atoms with E-state index in [0.29, 0.717) is 24.7 Å². The normalized spacial score (nSPS) is 10.6. The number of nitrogens with zero attached hydrogens (tertiary/aromatic N) is 3. The molecular formula is C8H9N3O2S. The van der Waals surface area contributed by atoms with Crippen molar-refractivity contribution in [3.8, 4) is 0 Å². The van der Waals surface area contributed by atoms with Crippen LogP contribution in [0.1, 0.15) is 18.7 Å². The van der Waals surface area contributed by atoms with Gasteiger partial charge in [-0.1, -0.05) is 18.3 Å². The van der Waals surface area contributed by atoms with E-state index in [0.717, 1.165) is 11.3 Å². The molecule has 0 atom stereocenters. The third-order valence-electron chi connectivity index (χ3n) is 1.76. The molecule has 0 bridgehead atoms. The average Bonchev–Trinajstić information content (AvgIpc) is 2.77. The molecule has 0 fully saturated rings. The number of rotatable bonds is 3. The molecule has 0 aromatic carbocycles. The molecule has 0 aliphatic heterocycles. The van der Waals surface area contributed by atoms with Crippen LogP contribution >= 0.6 is 11.3 Å². The predicted octanol–water partition coefficient (Wildman–Crippen LogP) is 0.903. The molecule has 14 heavy (non-hydrogen) atoms. The van der Waals surface area contributed by atoms with E-state index in [1.165, 1.54) is 4.57 Å². The van der Waals surface area contributed by atoms with Crippen LogP contribution in [-0.2, 0) is 13.0 Å². The zero-order chi connectivity index (χ0) is 9.97. The van der Waals surface area contributed by atoms with Crippen molar-refractivity contribution in [2.75, 3.05) is 0 Å². The minimum atomic E-state index is -0.0127. The first-order valence-corrected chi connectivity index (χ1v) is 5.12. The molecule has 0 aliphatic carbocycles. The molecule has 0 spiro atoms. The van der Waals surface area contributed by atoms with Gasteiger partial charge in [-0.3, -0.25) is 9.36 Å². The Morgan fingerprint density at radius 1 is 1.50 bits per heavy atom. The minimum Gasteiger partial charge on any atom is -0.423 e. The van der Waals surface area contributed by atoms with E-state index in [1.54, 1.807) is 11.6 Å². The van der Waals surface area contributed by atoms with Crippen molar-refractivity contribution < 1.29 is 4.42 Å². The maximum absolute atomic E-state index is 11.2. The summed E-state index contributed by atoms with van der Waals surface area (Å²) in [6.07, 6.45) is 2.42. The van der Waals surface area contributed by atoms with Crippen LogP contribution in [0, 0.1) is 0 Å². The molecule has 2 aromatic heterocycles. The maximum atomic E-state index is 11.2. The molecule has 0 aliphatic rings. The quantitative estimate of drug-likeness (QED) is 0.756. The fourth-order valence-corrected chi connectivity index (χ4v) is 1.63. The van der Waals surface area contributed by atoms with Crippen molar-refractivity contribution in [1.82, 2.24) is 14.8 Å². The summed E-state index contributed by atoms with van der Waals surface area (Å²) < 4.78 is 6.82. The molecule has 2 aromatic rings. The number of aryl methyl sites for hydroxylation is 1. The Morgan fingerprint density at radius 2 is 2.29 bits per heavy atom. The summed E-state index contributed by atoms with van der Waals surface area (Å²) in [6, 6.07) is 0. The zero-order valence-corrected chi connectivity index (χ0v) is 8.45. The second-order valence-corrected chi connectivity index (χ2v) is 3.60. The van der Waals surface area contributed by atoms with E-state index < -0.39 is 0 Å². The summed E-state index contributed by atoms with van der Waals surface area (Å²) in [6.45, 7) is 2.30. The van der Waals surface area contributed by atoms with Crippen molar-refractivity contribution >= 4 is 11.3 Å². The first kappa shape index (κ1) is 9.14. The largest absolute Gasteiger partial charge is 0.423 e. The highest BCUT2D eigenvalue weighted by Gasteiger charge is 2.05. The van der Waals surface area contributed by atoms with Crippen molar-refractivity contribution in [1.29, 1.82) is 0 Å². The summed E-state index contributed by atoms with van der Waals surface area (Å²) in [5.41, 5.74) is 0. The van der Waals surface area contributed by atoms with Gasteiger partial charge in [-0.2, -0.15) is 0 Å². The second kappa shape index (κ2) is 3.75. The summed E-state index contributed by atoms with van der Waals surface area (Å²) >= 11 is 1.15. The fraction of sp³-hybridized carbons (Fsp3) is 0.375. The van der Waals surface area contributed by atoms with Crippen molar-refractivity contribution in [2.45, 2.75) is 19.9 Å². The number of aromatic nitrogens is 3. The lowest BCUT2D eigenvalue weighted by molar-refractivity contribution is 0.441. The molecule has 5 nitrogen and oxygen atoms in total. The van der Waals surface area contributed by atoms with Crippen LogP contribution in [0.3, 0.4) is 0 Å². The molecular weight excluding hydrogens is 202 g/mol. The van der Waals surface area contributed by atoms with Crippen LogP contribution in [0.2, 0.25) is 0 Å². The zero-order valence-electron chi connectivity index (χ0n) is 7.64. The molecule has 0 saturated carbocycles. The summed E-state index contributed by atoms with van der Waals surface area (Å²) in [7, 11) is 0. The van der Waals surface area contributed by atoms with Gasteiger partial charge in [0.15, 0.2) is 0 Å². The maximum Gasteiger partial charge on any atom is 0.307 e. The van der Waals surface area contributed by atoms with Crippen LogP contribution in [-0.4, -0.2) is 14.8 Å². The van der Waals surface area contributed by atoms with E-state index in [1.807, 2.05) is 6.92 Å². The molecule has 74 valence electrons. The van der Waals surface area contributed by atoms with Crippen LogP contribution < -0.4 is 4.87 Å². The van der Waals surface area contributed by atoms with Crippen LogP contribution in [0.15, 0.2) is 20.8 Å². The number of thiazole rings is 1. The Labute approximate surface area is 84.0 Å². The van der Waals surface area contributed by atoms with E-state index in [2.05, 4.69) is 10.2 Å². The molecule has 2 rings (SSSR count).